The molecular weight excluding hydrogens is 284 g/mol. The molecule has 7 heteroatoms. The first-order valence-electron chi connectivity index (χ1n) is 5.74. The molecule has 0 aliphatic heterocycles. The Labute approximate surface area is 117 Å². The molecule has 0 heterocycles. The number of sulfone groups is 1. The highest BCUT2D eigenvalue weighted by Gasteiger charge is 2.15. The zero-order chi connectivity index (χ0) is 14.5. The number of carbonyl (C=O) groups is 1. The molecule has 0 aromatic heterocycles. The van der Waals surface area contributed by atoms with Gasteiger partial charge in [0, 0.05) is 12.0 Å². The predicted octanol–water partition coefficient (Wildman–Crippen LogP) is 1.37. The Kier molecular flexibility index (Phi) is 5.68. The van der Waals surface area contributed by atoms with Gasteiger partial charge in [-0.25, -0.2) is 8.42 Å². The maximum atomic E-state index is 11.9. The van der Waals surface area contributed by atoms with E-state index in [1.54, 1.807) is 31.2 Å². The number of nitrogen functional groups attached to an aromatic ring is 1. The quantitative estimate of drug-likeness (QED) is 0.775. The Morgan fingerprint density at radius 2 is 2.05 bits per heavy atom. The summed E-state index contributed by atoms with van der Waals surface area (Å²) in [5.74, 6) is 0.289. The average Bonchev–Trinajstić information content (AvgIpc) is 2.30. The van der Waals surface area contributed by atoms with E-state index >= 15 is 0 Å². The van der Waals surface area contributed by atoms with Crippen molar-refractivity contribution in [2.75, 3.05) is 28.8 Å². The van der Waals surface area contributed by atoms with Gasteiger partial charge in [-0.2, -0.15) is 0 Å². The predicted molar refractivity (Wildman–Crippen MR) is 81.1 cm³/mol. The molecule has 0 bridgehead atoms. The lowest BCUT2D eigenvalue weighted by Gasteiger charge is -2.13. The summed E-state index contributed by atoms with van der Waals surface area (Å²) in [7, 11) is -2.98. The normalized spacial score (nSPS) is 12.9. The third-order valence-corrected chi connectivity index (χ3v) is 4.77. The molecule has 0 radical (unpaired) electrons. The first kappa shape index (κ1) is 15.8. The zero-order valence-electron chi connectivity index (χ0n) is 10.9. The SMILES string of the molecule is CC(SCCS(C)(=O)=O)C(=O)Nc1ccccc1N. The van der Waals surface area contributed by atoms with E-state index in [4.69, 9.17) is 5.73 Å². The van der Waals surface area contributed by atoms with E-state index < -0.39 is 9.84 Å². The summed E-state index contributed by atoms with van der Waals surface area (Å²) in [6.45, 7) is 1.74. The van der Waals surface area contributed by atoms with Crippen LogP contribution >= 0.6 is 11.8 Å². The van der Waals surface area contributed by atoms with Gasteiger partial charge in [-0.3, -0.25) is 4.79 Å². The molecule has 0 fully saturated rings. The highest BCUT2D eigenvalue weighted by Crippen LogP contribution is 2.19. The fourth-order valence-corrected chi connectivity index (χ4v) is 3.46. The van der Waals surface area contributed by atoms with E-state index in [2.05, 4.69) is 5.32 Å². The molecule has 1 amide bonds. The van der Waals surface area contributed by atoms with Crippen LogP contribution in [-0.2, 0) is 14.6 Å². The lowest BCUT2D eigenvalue weighted by molar-refractivity contribution is -0.115. The summed E-state index contributed by atoms with van der Waals surface area (Å²) < 4.78 is 22.0. The summed E-state index contributed by atoms with van der Waals surface area (Å²) in [6.07, 6.45) is 1.18. The maximum absolute atomic E-state index is 11.9. The molecule has 1 rings (SSSR count). The van der Waals surface area contributed by atoms with E-state index in [1.165, 1.54) is 18.0 Å². The number of anilines is 2. The fourth-order valence-electron chi connectivity index (χ4n) is 1.30. The van der Waals surface area contributed by atoms with Gasteiger partial charge in [-0.1, -0.05) is 12.1 Å². The minimum atomic E-state index is -2.98. The second-order valence-corrected chi connectivity index (χ2v) is 7.93. The van der Waals surface area contributed by atoms with Crippen LogP contribution in [0.4, 0.5) is 11.4 Å². The first-order valence-corrected chi connectivity index (χ1v) is 8.85. The molecule has 19 heavy (non-hydrogen) atoms. The van der Waals surface area contributed by atoms with Crippen LogP contribution in [0.25, 0.3) is 0 Å². The van der Waals surface area contributed by atoms with Crippen LogP contribution in [-0.4, -0.2) is 37.3 Å². The van der Waals surface area contributed by atoms with Gasteiger partial charge >= 0.3 is 0 Å². The third-order valence-electron chi connectivity index (χ3n) is 2.41. The van der Waals surface area contributed by atoms with E-state index in [9.17, 15) is 13.2 Å². The lowest BCUT2D eigenvalue weighted by Crippen LogP contribution is -2.24. The van der Waals surface area contributed by atoms with Gasteiger partial charge in [-0.15, -0.1) is 11.8 Å². The van der Waals surface area contributed by atoms with E-state index in [-0.39, 0.29) is 16.9 Å². The average molecular weight is 302 g/mol. The molecule has 1 aromatic rings. The van der Waals surface area contributed by atoms with Crippen molar-refractivity contribution in [3.8, 4) is 0 Å². The molecule has 0 spiro atoms. The van der Waals surface area contributed by atoms with Crippen molar-refractivity contribution in [1.82, 2.24) is 0 Å². The molecule has 1 aromatic carbocycles. The minimum Gasteiger partial charge on any atom is -0.397 e. The van der Waals surface area contributed by atoms with Gasteiger partial charge in [0.1, 0.15) is 9.84 Å². The van der Waals surface area contributed by atoms with Crippen LogP contribution in [0.2, 0.25) is 0 Å². The second kappa shape index (κ2) is 6.81. The molecule has 3 N–H and O–H groups in total. The second-order valence-electron chi connectivity index (χ2n) is 4.22. The largest absolute Gasteiger partial charge is 0.397 e. The van der Waals surface area contributed by atoms with Crippen LogP contribution < -0.4 is 11.1 Å². The van der Waals surface area contributed by atoms with E-state index in [1.807, 2.05) is 0 Å². The van der Waals surface area contributed by atoms with Crippen molar-refractivity contribution >= 4 is 38.9 Å². The van der Waals surface area contributed by atoms with Crippen molar-refractivity contribution in [3.63, 3.8) is 0 Å². The van der Waals surface area contributed by atoms with E-state index in [0.29, 0.717) is 17.1 Å². The Hall–Kier alpha value is -1.21. The Morgan fingerprint density at radius 1 is 1.42 bits per heavy atom. The van der Waals surface area contributed by atoms with E-state index in [0.717, 1.165) is 0 Å². The number of thioether (sulfide) groups is 1. The van der Waals surface area contributed by atoms with Gasteiger partial charge in [0.25, 0.3) is 0 Å². The molecular formula is C12H18N2O3S2. The van der Waals surface area contributed by atoms with Crippen LogP contribution in [0.5, 0.6) is 0 Å². The number of nitrogens with one attached hydrogen (secondary N) is 1. The van der Waals surface area contributed by atoms with Crippen molar-refractivity contribution in [3.05, 3.63) is 24.3 Å². The van der Waals surface area contributed by atoms with Crippen molar-refractivity contribution in [2.24, 2.45) is 0 Å². The standard InChI is InChI=1S/C12H18N2O3S2/c1-9(18-7-8-19(2,16)17)12(15)14-11-6-4-3-5-10(11)13/h3-6,9H,7-8,13H2,1-2H3,(H,14,15). The highest BCUT2D eigenvalue weighted by atomic mass is 32.2. The number of hydrogen-bond donors (Lipinski definition) is 2. The number of hydrogen-bond acceptors (Lipinski definition) is 5. The molecule has 0 aliphatic carbocycles. The minimum absolute atomic E-state index is 0.0722. The molecule has 1 unspecified atom stereocenters. The Morgan fingerprint density at radius 3 is 2.63 bits per heavy atom. The molecule has 1 atom stereocenters. The number of para-hydroxylation sites is 2. The summed E-state index contributed by atoms with van der Waals surface area (Å²) in [4.78, 5) is 11.9. The zero-order valence-corrected chi connectivity index (χ0v) is 12.6. The fraction of sp³-hybridized carbons (Fsp3) is 0.417. The number of carbonyl (C=O) groups excluding carboxylic acids is 1. The van der Waals surface area contributed by atoms with Crippen LogP contribution in [0.1, 0.15) is 6.92 Å². The number of nitrogens with two attached hydrogens (primary N) is 1. The van der Waals surface area contributed by atoms with Crippen LogP contribution in [0.3, 0.4) is 0 Å². The molecule has 0 saturated heterocycles. The summed E-state index contributed by atoms with van der Waals surface area (Å²) >= 11 is 1.30. The third kappa shape index (κ3) is 5.98. The highest BCUT2D eigenvalue weighted by molar-refractivity contribution is 8.01. The summed E-state index contributed by atoms with van der Waals surface area (Å²) in [5.41, 5.74) is 6.80. The summed E-state index contributed by atoms with van der Waals surface area (Å²) in [6, 6.07) is 7.00. The number of amides is 1. The monoisotopic (exact) mass is 302 g/mol. The van der Waals surface area contributed by atoms with Crippen molar-refractivity contribution in [1.29, 1.82) is 0 Å². The summed E-state index contributed by atoms with van der Waals surface area (Å²) in [5, 5.41) is 2.39. The topological polar surface area (TPSA) is 89.3 Å². The first-order chi connectivity index (χ1) is 8.79. The van der Waals surface area contributed by atoms with Crippen molar-refractivity contribution < 1.29 is 13.2 Å². The van der Waals surface area contributed by atoms with Gasteiger partial charge in [0.05, 0.1) is 22.4 Å². The number of rotatable bonds is 6. The Balaban J connectivity index is 2.47. The van der Waals surface area contributed by atoms with Crippen LogP contribution in [0, 0.1) is 0 Å². The maximum Gasteiger partial charge on any atom is 0.237 e. The van der Waals surface area contributed by atoms with Crippen molar-refractivity contribution in [2.45, 2.75) is 12.2 Å². The Bertz CT molecular complexity index is 544. The van der Waals surface area contributed by atoms with Gasteiger partial charge in [0.2, 0.25) is 5.91 Å². The molecule has 106 valence electrons. The smallest absolute Gasteiger partial charge is 0.237 e. The molecule has 0 saturated carbocycles. The molecule has 5 nitrogen and oxygen atoms in total. The van der Waals surface area contributed by atoms with Gasteiger partial charge in [-0.05, 0) is 19.1 Å². The van der Waals surface area contributed by atoms with Gasteiger partial charge in [0.15, 0.2) is 0 Å². The van der Waals surface area contributed by atoms with Gasteiger partial charge < -0.3 is 11.1 Å². The van der Waals surface area contributed by atoms with Crippen LogP contribution in [0.15, 0.2) is 24.3 Å². The number of benzene rings is 1. The lowest BCUT2D eigenvalue weighted by atomic mass is 10.2. The molecule has 0 aliphatic rings.